The number of methoxy groups -OCH3 is 1. The Labute approximate surface area is 223 Å². The molecule has 39 heavy (non-hydrogen) atoms. The van der Waals surface area contributed by atoms with Crippen molar-refractivity contribution in [2.75, 3.05) is 19.0 Å². The van der Waals surface area contributed by atoms with Gasteiger partial charge in [0.2, 0.25) is 0 Å². The molecule has 0 bridgehead atoms. The fraction of sp³-hybridized carbons (Fsp3) is 0.345. The number of imidazole rings is 1. The van der Waals surface area contributed by atoms with E-state index in [-0.39, 0.29) is 18.0 Å². The fourth-order valence-electron chi connectivity index (χ4n) is 4.57. The van der Waals surface area contributed by atoms with Crippen LogP contribution in [-0.2, 0) is 0 Å². The van der Waals surface area contributed by atoms with Gasteiger partial charge in [-0.2, -0.15) is 18.3 Å². The number of alkyl halides is 3. The SMILES string of the molecule is COc1ccc(C(O)c2cc(NCCC(F)(F)F)c3ncc(-c4ccc(C(=O)CC5CC5)c(C)c4)n3n2)cc1. The van der Waals surface area contributed by atoms with Crippen LogP contribution in [-0.4, -0.2) is 45.3 Å². The third-order valence-electron chi connectivity index (χ3n) is 6.92. The van der Waals surface area contributed by atoms with Gasteiger partial charge in [-0.1, -0.05) is 24.3 Å². The number of carbonyl (C=O) groups is 1. The average Bonchev–Trinajstić information content (AvgIpc) is 3.61. The second kappa shape index (κ2) is 10.7. The molecule has 10 heteroatoms. The Morgan fingerprint density at radius 2 is 1.92 bits per heavy atom. The van der Waals surface area contributed by atoms with Gasteiger partial charge in [0.25, 0.3) is 0 Å². The summed E-state index contributed by atoms with van der Waals surface area (Å²) in [4.78, 5) is 17.1. The minimum absolute atomic E-state index is 0.124. The van der Waals surface area contributed by atoms with Crippen molar-refractivity contribution in [1.82, 2.24) is 14.6 Å². The van der Waals surface area contributed by atoms with Crippen LogP contribution < -0.4 is 10.1 Å². The predicted octanol–water partition coefficient (Wildman–Crippen LogP) is 6.14. The van der Waals surface area contributed by atoms with Gasteiger partial charge in [0, 0.05) is 24.1 Å². The first-order chi connectivity index (χ1) is 18.6. The molecule has 1 atom stereocenters. The fourth-order valence-corrected chi connectivity index (χ4v) is 4.57. The number of anilines is 1. The molecule has 2 N–H and O–H groups in total. The van der Waals surface area contributed by atoms with E-state index >= 15 is 0 Å². The number of aromatic nitrogens is 3. The number of ether oxygens (including phenoxy) is 1. The van der Waals surface area contributed by atoms with Crippen molar-refractivity contribution in [1.29, 1.82) is 0 Å². The van der Waals surface area contributed by atoms with Crippen LogP contribution in [0.4, 0.5) is 18.9 Å². The lowest BCUT2D eigenvalue weighted by molar-refractivity contribution is -0.131. The monoisotopic (exact) mass is 538 g/mol. The minimum atomic E-state index is -4.32. The van der Waals surface area contributed by atoms with Gasteiger partial charge < -0.3 is 15.2 Å². The molecule has 7 nitrogen and oxygen atoms in total. The summed E-state index contributed by atoms with van der Waals surface area (Å²) < 4.78 is 45.2. The Kier molecular flexibility index (Phi) is 7.31. The normalized spacial score (nSPS) is 14.4. The lowest BCUT2D eigenvalue weighted by Gasteiger charge is -2.16. The molecule has 5 rings (SSSR count). The molecular formula is C29H29F3N4O3. The second-order valence-corrected chi connectivity index (χ2v) is 9.93. The van der Waals surface area contributed by atoms with Crippen molar-refractivity contribution in [3.05, 3.63) is 77.1 Å². The van der Waals surface area contributed by atoms with Crippen LogP contribution in [0.15, 0.2) is 54.7 Å². The quantitative estimate of drug-likeness (QED) is 0.236. The zero-order chi connectivity index (χ0) is 27.7. The van der Waals surface area contributed by atoms with Crippen LogP contribution in [0.3, 0.4) is 0 Å². The number of nitrogens with one attached hydrogen (secondary N) is 1. The van der Waals surface area contributed by atoms with Crippen LogP contribution in [0.1, 0.15) is 59.0 Å². The van der Waals surface area contributed by atoms with Gasteiger partial charge in [0.1, 0.15) is 11.9 Å². The molecule has 1 saturated carbocycles. The third kappa shape index (κ3) is 6.06. The highest BCUT2D eigenvalue weighted by atomic mass is 19.4. The van der Waals surface area contributed by atoms with Crippen molar-refractivity contribution >= 4 is 17.1 Å². The van der Waals surface area contributed by atoms with Crippen molar-refractivity contribution in [2.24, 2.45) is 5.92 Å². The van der Waals surface area contributed by atoms with E-state index < -0.39 is 18.7 Å². The van der Waals surface area contributed by atoms with Gasteiger partial charge in [-0.3, -0.25) is 4.79 Å². The summed E-state index contributed by atoms with van der Waals surface area (Å²) in [6.45, 7) is 1.52. The first-order valence-electron chi connectivity index (χ1n) is 12.8. The average molecular weight is 539 g/mol. The van der Waals surface area contributed by atoms with E-state index in [0.717, 1.165) is 24.0 Å². The van der Waals surface area contributed by atoms with Gasteiger partial charge in [0.05, 0.1) is 36.8 Å². The molecule has 0 saturated heterocycles. The Morgan fingerprint density at radius 3 is 2.56 bits per heavy atom. The molecule has 0 spiro atoms. The molecule has 2 aromatic carbocycles. The molecule has 1 unspecified atom stereocenters. The molecule has 0 radical (unpaired) electrons. The third-order valence-corrected chi connectivity index (χ3v) is 6.92. The largest absolute Gasteiger partial charge is 0.497 e. The van der Waals surface area contributed by atoms with Gasteiger partial charge >= 0.3 is 6.18 Å². The number of Topliss-reactive ketones (excluding diaryl/α,β-unsaturated/α-hetero) is 1. The van der Waals surface area contributed by atoms with Crippen LogP contribution in [0, 0.1) is 12.8 Å². The summed E-state index contributed by atoms with van der Waals surface area (Å²) >= 11 is 0. The Bertz CT molecular complexity index is 1490. The predicted molar refractivity (Wildman–Crippen MR) is 141 cm³/mol. The van der Waals surface area contributed by atoms with Crippen molar-refractivity contribution in [2.45, 2.75) is 44.9 Å². The zero-order valence-electron chi connectivity index (χ0n) is 21.6. The first kappa shape index (κ1) is 26.7. The number of aliphatic hydroxyl groups is 1. The van der Waals surface area contributed by atoms with E-state index in [1.54, 1.807) is 36.5 Å². The smallest absolute Gasteiger partial charge is 0.390 e. The van der Waals surface area contributed by atoms with Gasteiger partial charge in [-0.15, -0.1) is 0 Å². The lowest BCUT2D eigenvalue weighted by atomic mass is 9.98. The van der Waals surface area contributed by atoms with E-state index in [1.165, 1.54) is 17.7 Å². The summed E-state index contributed by atoms with van der Waals surface area (Å²) in [5.74, 6) is 1.23. The van der Waals surface area contributed by atoms with E-state index in [9.17, 15) is 23.1 Å². The van der Waals surface area contributed by atoms with Crippen LogP contribution in [0.2, 0.25) is 0 Å². The Hall–Kier alpha value is -3.92. The van der Waals surface area contributed by atoms with Crippen LogP contribution in [0.5, 0.6) is 5.75 Å². The number of carbonyl (C=O) groups excluding carboxylic acids is 1. The second-order valence-electron chi connectivity index (χ2n) is 9.93. The first-order valence-corrected chi connectivity index (χ1v) is 12.8. The summed E-state index contributed by atoms with van der Waals surface area (Å²) in [7, 11) is 1.54. The maximum atomic E-state index is 12.8. The number of hydrogen-bond acceptors (Lipinski definition) is 6. The molecule has 2 heterocycles. The van der Waals surface area contributed by atoms with E-state index in [4.69, 9.17) is 4.74 Å². The highest BCUT2D eigenvalue weighted by Gasteiger charge is 2.27. The maximum absolute atomic E-state index is 12.8. The Morgan fingerprint density at radius 1 is 1.18 bits per heavy atom. The highest BCUT2D eigenvalue weighted by molar-refractivity contribution is 5.98. The number of hydrogen-bond donors (Lipinski definition) is 2. The lowest BCUT2D eigenvalue weighted by Crippen LogP contribution is -2.16. The summed E-state index contributed by atoms with van der Waals surface area (Å²) in [6, 6.07) is 13.8. The molecule has 2 aromatic heterocycles. The standard InChI is InChI=1S/C29H29F3N4O3/c1-17-13-20(7-10-22(17)26(37)14-18-3-4-18)25-16-34-28-24(33-12-11-29(30,31)32)15-23(35-36(25)28)27(38)19-5-8-21(39-2)9-6-19/h5-10,13,15-16,18,27,33,38H,3-4,11-12,14H2,1-2H3. The molecule has 204 valence electrons. The highest BCUT2D eigenvalue weighted by Crippen LogP contribution is 2.35. The van der Waals surface area contributed by atoms with E-state index in [2.05, 4.69) is 15.4 Å². The summed E-state index contributed by atoms with van der Waals surface area (Å²) in [6.07, 6.45) is -2.17. The van der Waals surface area contributed by atoms with Crippen molar-refractivity contribution < 1.29 is 27.8 Å². The van der Waals surface area contributed by atoms with Crippen molar-refractivity contribution in [3.63, 3.8) is 0 Å². The summed E-state index contributed by atoms with van der Waals surface area (Å²) in [5, 5.41) is 18.6. The van der Waals surface area contributed by atoms with Crippen LogP contribution >= 0.6 is 0 Å². The number of aryl methyl sites for hydroxylation is 1. The van der Waals surface area contributed by atoms with Crippen molar-refractivity contribution in [3.8, 4) is 17.0 Å². The molecule has 4 aromatic rings. The maximum Gasteiger partial charge on any atom is 0.390 e. The van der Waals surface area contributed by atoms with Gasteiger partial charge in [0.15, 0.2) is 11.4 Å². The number of halogens is 3. The number of fused-ring (bicyclic) bond motifs is 1. The number of ketones is 1. The number of rotatable bonds is 10. The number of aliphatic hydroxyl groups excluding tert-OH is 1. The summed E-state index contributed by atoms with van der Waals surface area (Å²) in [5.41, 5.74) is 4.24. The van der Waals surface area contributed by atoms with Crippen LogP contribution in [0.25, 0.3) is 16.9 Å². The molecule has 1 aliphatic rings. The molecular weight excluding hydrogens is 509 g/mol. The molecule has 0 amide bonds. The number of nitrogens with zero attached hydrogens (tertiary/aromatic N) is 3. The Balaban J connectivity index is 1.53. The topological polar surface area (TPSA) is 88.8 Å². The molecule has 1 fully saturated rings. The van der Waals surface area contributed by atoms with Gasteiger partial charge in [-0.25, -0.2) is 9.50 Å². The number of benzene rings is 2. The minimum Gasteiger partial charge on any atom is -0.497 e. The molecule has 1 aliphatic carbocycles. The zero-order valence-corrected chi connectivity index (χ0v) is 21.6. The van der Waals surface area contributed by atoms with Gasteiger partial charge in [-0.05, 0) is 61.1 Å². The van der Waals surface area contributed by atoms with E-state index in [1.807, 2.05) is 19.1 Å². The molecule has 0 aliphatic heterocycles. The van der Waals surface area contributed by atoms with E-state index in [0.29, 0.717) is 46.2 Å².